The summed E-state index contributed by atoms with van der Waals surface area (Å²) in [4.78, 5) is 37.7. The minimum Gasteiger partial charge on any atom is -0.462 e. The van der Waals surface area contributed by atoms with Crippen molar-refractivity contribution in [3.8, 4) is 0 Å². The normalized spacial score (nSPS) is 12.0. The zero-order chi connectivity index (χ0) is 43.0. The monoisotopic (exact) mass is 833 g/mol. The molecule has 0 aromatic carbocycles. The molecule has 6 nitrogen and oxygen atoms in total. The molecule has 1 atom stereocenters. The molecule has 59 heavy (non-hydrogen) atoms. The van der Waals surface area contributed by atoms with Crippen molar-refractivity contribution in [3.05, 3.63) is 12.2 Å². The average molecular weight is 833 g/mol. The Balaban J connectivity index is 4.10. The van der Waals surface area contributed by atoms with E-state index in [4.69, 9.17) is 14.2 Å². The van der Waals surface area contributed by atoms with E-state index in [-0.39, 0.29) is 31.1 Å². The van der Waals surface area contributed by atoms with E-state index in [2.05, 4.69) is 32.9 Å². The van der Waals surface area contributed by atoms with Gasteiger partial charge in [-0.25, -0.2) is 0 Å². The van der Waals surface area contributed by atoms with Gasteiger partial charge in [0.05, 0.1) is 0 Å². The lowest BCUT2D eigenvalue weighted by molar-refractivity contribution is -0.167. The van der Waals surface area contributed by atoms with Gasteiger partial charge in [0, 0.05) is 19.3 Å². The van der Waals surface area contributed by atoms with Crippen LogP contribution in [0.2, 0.25) is 0 Å². The van der Waals surface area contributed by atoms with Crippen molar-refractivity contribution in [2.45, 2.75) is 297 Å². The van der Waals surface area contributed by atoms with E-state index < -0.39 is 6.10 Å². The van der Waals surface area contributed by atoms with E-state index in [0.29, 0.717) is 19.3 Å². The van der Waals surface area contributed by atoms with E-state index in [1.165, 1.54) is 193 Å². The van der Waals surface area contributed by atoms with Crippen molar-refractivity contribution in [3.63, 3.8) is 0 Å². The summed E-state index contributed by atoms with van der Waals surface area (Å²) in [5.41, 5.74) is 0. The van der Waals surface area contributed by atoms with E-state index in [9.17, 15) is 14.4 Å². The third-order valence-corrected chi connectivity index (χ3v) is 11.8. The molecule has 348 valence electrons. The Hall–Kier alpha value is -1.85. The Kier molecular flexibility index (Phi) is 47.3. The summed E-state index contributed by atoms with van der Waals surface area (Å²) in [5, 5.41) is 0. The van der Waals surface area contributed by atoms with Crippen LogP contribution < -0.4 is 0 Å². The standard InChI is InChI=1S/C53H100O6/c1-4-7-10-13-16-19-20-21-22-23-24-25-26-27-28-29-30-31-32-35-37-40-43-46-52(55)58-49-50(59-53(56)47-44-41-38-34-18-15-12-9-6-3)48-57-51(54)45-42-39-36-33-17-14-11-8-5-2/h23-24,50H,4-22,25-49H2,1-3H3/b24-23-. The van der Waals surface area contributed by atoms with Crippen LogP contribution in [0.3, 0.4) is 0 Å². The molecular formula is C53H100O6. The molecule has 0 amide bonds. The molecule has 0 aromatic rings. The largest absolute Gasteiger partial charge is 0.462 e. The van der Waals surface area contributed by atoms with Crippen molar-refractivity contribution in [2.24, 2.45) is 0 Å². The summed E-state index contributed by atoms with van der Waals surface area (Å²) >= 11 is 0. The van der Waals surface area contributed by atoms with Gasteiger partial charge in [-0.15, -0.1) is 0 Å². The molecule has 0 heterocycles. The quantitative estimate of drug-likeness (QED) is 0.0263. The first-order chi connectivity index (χ1) is 29.0. The van der Waals surface area contributed by atoms with Crippen LogP contribution in [0.4, 0.5) is 0 Å². The second-order valence-electron chi connectivity index (χ2n) is 17.8. The van der Waals surface area contributed by atoms with E-state index >= 15 is 0 Å². The maximum absolute atomic E-state index is 12.7. The highest BCUT2D eigenvalue weighted by molar-refractivity contribution is 5.71. The van der Waals surface area contributed by atoms with E-state index in [1.54, 1.807) is 0 Å². The second-order valence-corrected chi connectivity index (χ2v) is 17.8. The zero-order valence-corrected chi connectivity index (χ0v) is 39.8. The van der Waals surface area contributed by atoms with Gasteiger partial charge < -0.3 is 14.2 Å². The van der Waals surface area contributed by atoms with E-state index in [0.717, 1.165) is 57.8 Å². The number of ether oxygens (including phenoxy) is 3. The van der Waals surface area contributed by atoms with Crippen LogP contribution in [0.5, 0.6) is 0 Å². The molecule has 0 aromatic heterocycles. The molecule has 0 aliphatic heterocycles. The Bertz CT molecular complexity index is 916. The number of carbonyl (C=O) groups is 3. The number of unbranched alkanes of at least 4 members (excludes halogenated alkanes) is 35. The fourth-order valence-electron chi connectivity index (χ4n) is 7.79. The smallest absolute Gasteiger partial charge is 0.306 e. The summed E-state index contributed by atoms with van der Waals surface area (Å²) < 4.78 is 16.7. The molecule has 0 bridgehead atoms. The lowest BCUT2D eigenvalue weighted by Crippen LogP contribution is -2.30. The molecule has 0 rings (SSSR count). The SMILES string of the molecule is CCCCCCCCCC/C=C\CCCCCCCCCCCCCC(=O)OCC(COC(=O)CCCCCCCCCCC)OC(=O)CCCCCCCCCCC. The molecule has 0 radical (unpaired) electrons. The van der Waals surface area contributed by atoms with Crippen LogP contribution >= 0.6 is 0 Å². The topological polar surface area (TPSA) is 78.9 Å². The highest BCUT2D eigenvalue weighted by Gasteiger charge is 2.19. The molecule has 6 heteroatoms. The first-order valence-electron chi connectivity index (χ1n) is 26.2. The second kappa shape index (κ2) is 48.8. The molecule has 0 aliphatic rings. The summed E-state index contributed by atoms with van der Waals surface area (Å²) in [6.07, 6.45) is 53.6. The molecule has 1 unspecified atom stereocenters. The minimum absolute atomic E-state index is 0.0656. The molecule has 0 aliphatic carbocycles. The number of allylic oxidation sites excluding steroid dienone is 2. The maximum atomic E-state index is 12.7. The van der Waals surface area contributed by atoms with Gasteiger partial charge in [-0.2, -0.15) is 0 Å². The van der Waals surface area contributed by atoms with Gasteiger partial charge in [0.25, 0.3) is 0 Å². The van der Waals surface area contributed by atoms with Gasteiger partial charge in [0.15, 0.2) is 6.10 Å². The maximum Gasteiger partial charge on any atom is 0.306 e. The lowest BCUT2D eigenvalue weighted by Gasteiger charge is -2.18. The van der Waals surface area contributed by atoms with Crippen molar-refractivity contribution in [1.82, 2.24) is 0 Å². The van der Waals surface area contributed by atoms with Gasteiger partial charge in [-0.3, -0.25) is 14.4 Å². The zero-order valence-electron chi connectivity index (χ0n) is 39.8. The average Bonchev–Trinajstić information content (AvgIpc) is 3.23. The number of esters is 3. The minimum atomic E-state index is -0.761. The first kappa shape index (κ1) is 57.1. The lowest BCUT2D eigenvalue weighted by atomic mass is 10.0. The van der Waals surface area contributed by atoms with Gasteiger partial charge in [0.1, 0.15) is 13.2 Å². The van der Waals surface area contributed by atoms with Crippen molar-refractivity contribution in [1.29, 1.82) is 0 Å². The first-order valence-corrected chi connectivity index (χ1v) is 26.2. The highest BCUT2D eigenvalue weighted by atomic mass is 16.6. The summed E-state index contributed by atoms with van der Waals surface area (Å²) in [7, 11) is 0. The van der Waals surface area contributed by atoms with E-state index in [1.807, 2.05) is 0 Å². The summed E-state index contributed by atoms with van der Waals surface area (Å²) in [5.74, 6) is -0.858. The fourth-order valence-corrected chi connectivity index (χ4v) is 7.79. The molecule has 0 N–H and O–H groups in total. The number of hydrogen-bond acceptors (Lipinski definition) is 6. The Labute approximate surface area is 367 Å². The van der Waals surface area contributed by atoms with Crippen molar-refractivity contribution < 1.29 is 28.6 Å². The third kappa shape index (κ3) is 47.1. The molecule has 0 fully saturated rings. The Morgan fingerprint density at radius 1 is 0.322 bits per heavy atom. The molecular weight excluding hydrogens is 733 g/mol. The van der Waals surface area contributed by atoms with Crippen molar-refractivity contribution >= 4 is 17.9 Å². The van der Waals surface area contributed by atoms with Crippen LogP contribution in [0, 0.1) is 0 Å². The number of carbonyl (C=O) groups excluding carboxylic acids is 3. The van der Waals surface area contributed by atoms with Crippen LogP contribution in [0.1, 0.15) is 290 Å². The van der Waals surface area contributed by atoms with Gasteiger partial charge in [-0.05, 0) is 44.9 Å². The van der Waals surface area contributed by atoms with Crippen LogP contribution in [0.15, 0.2) is 12.2 Å². The number of hydrogen-bond donors (Lipinski definition) is 0. The highest BCUT2D eigenvalue weighted by Crippen LogP contribution is 2.16. The molecule has 0 saturated carbocycles. The van der Waals surface area contributed by atoms with Gasteiger partial charge >= 0.3 is 17.9 Å². The van der Waals surface area contributed by atoms with Gasteiger partial charge in [-0.1, -0.05) is 238 Å². The van der Waals surface area contributed by atoms with Gasteiger partial charge in [0.2, 0.25) is 0 Å². The fraction of sp³-hybridized carbons (Fsp3) is 0.906. The van der Waals surface area contributed by atoms with Crippen LogP contribution in [-0.4, -0.2) is 37.2 Å². The van der Waals surface area contributed by atoms with Crippen LogP contribution in [-0.2, 0) is 28.6 Å². The Morgan fingerprint density at radius 2 is 0.559 bits per heavy atom. The third-order valence-electron chi connectivity index (χ3n) is 11.8. The molecule has 0 spiro atoms. The molecule has 0 saturated heterocycles. The predicted octanol–water partition coefficient (Wildman–Crippen LogP) is 17.0. The predicted molar refractivity (Wildman–Crippen MR) is 252 cm³/mol. The summed E-state index contributed by atoms with van der Waals surface area (Å²) in [6, 6.07) is 0. The van der Waals surface area contributed by atoms with Crippen LogP contribution in [0.25, 0.3) is 0 Å². The summed E-state index contributed by atoms with van der Waals surface area (Å²) in [6.45, 7) is 6.63. The Morgan fingerprint density at radius 3 is 0.847 bits per heavy atom. The van der Waals surface area contributed by atoms with Crippen molar-refractivity contribution in [2.75, 3.05) is 13.2 Å². The number of rotatable bonds is 48.